The van der Waals surface area contributed by atoms with Crippen molar-refractivity contribution in [1.82, 2.24) is 9.13 Å². The molecule has 5 unspecified atom stereocenters. The van der Waals surface area contributed by atoms with Gasteiger partial charge in [-0.15, -0.1) is 0 Å². The zero-order chi connectivity index (χ0) is 79.0. The number of hydrogen-bond donors (Lipinski definition) is 0. The minimum atomic E-state index is -0.672. The molecule has 12 heterocycles. The quantitative estimate of drug-likeness (QED) is 0.147. The molecular weight excluding hydrogens is 1620 g/mol. The second-order valence-electron chi connectivity index (χ2n) is 31.9. The molecule has 16 bridgehead atoms. The van der Waals surface area contributed by atoms with Crippen molar-refractivity contribution in [3.05, 3.63) is 430 Å². The van der Waals surface area contributed by atoms with E-state index < -0.39 is 24.7 Å². The fraction of sp³-hybridized carbons (Fsp3) is 0.0680. The van der Waals surface area contributed by atoms with Gasteiger partial charge in [-0.25, -0.2) is 20.0 Å². The van der Waals surface area contributed by atoms with Crippen molar-refractivity contribution in [2.75, 3.05) is 0 Å². The van der Waals surface area contributed by atoms with E-state index in [0.29, 0.717) is 70.0 Å². The minimum absolute atomic E-state index is 0. The Labute approximate surface area is 725 Å². The van der Waals surface area contributed by atoms with Crippen LogP contribution in [0.1, 0.15) is 143 Å². The van der Waals surface area contributed by atoms with Gasteiger partial charge in [-0.2, -0.15) is 0 Å². The molecule has 1 aliphatic carbocycles. The molecule has 0 N–H and O–H groups in total. The Morgan fingerprint density at radius 1 is 0.244 bits per heavy atom. The number of benzene rings is 14. The van der Waals surface area contributed by atoms with Crippen LogP contribution in [0.3, 0.4) is 0 Å². The van der Waals surface area contributed by atoms with E-state index in [1.807, 2.05) is 121 Å². The second-order valence-corrected chi connectivity index (χ2v) is 31.9. The summed E-state index contributed by atoms with van der Waals surface area (Å²) in [5, 5.41) is 25.7. The molecular formula is C103H60Cu2N18. The molecule has 0 saturated heterocycles. The SMILES string of the molecule is CCn1c2ccc(C3c4ccccc4-c4cc(-c5ccc6c(c5)C5/N=C7\N=C(N=C8[N-]C(/N=C9\N=C(N=C6[N-]5)c5ccccc59)c5ccccc58)c5ccccc57)ccc43)cc2c2cc(-n3c4ccccc4c4cc(-c5ccc6c(c5)C5=NC7=N/C(=N\C8[N-]C(=NC9=N/C(=N\C6[N-]5)c5ccccc59)c5ccccc58)c5ccccc57)ccc43)ccc21.[Cu+2].[Cu+2]. The van der Waals surface area contributed by atoms with Gasteiger partial charge in [0.05, 0.1) is 59.0 Å². The summed E-state index contributed by atoms with van der Waals surface area (Å²) in [7, 11) is 0. The van der Waals surface area contributed by atoms with Crippen LogP contribution in [0, 0.1) is 0 Å². The third-order valence-corrected chi connectivity index (χ3v) is 25.4. The normalized spacial score (nSPS) is 20.3. The number of aromatic nitrogens is 2. The predicted octanol–water partition coefficient (Wildman–Crippen LogP) is 22.2. The predicted molar refractivity (Wildman–Crippen MR) is 485 cm³/mol. The summed E-state index contributed by atoms with van der Waals surface area (Å²) >= 11 is 0. The van der Waals surface area contributed by atoms with E-state index in [-0.39, 0.29) is 40.1 Å². The summed E-state index contributed by atoms with van der Waals surface area (Å²) in [4.78, 5) is 63.0. The summed E-state index contributed by atoms with van der Waals surface area (Å²) in [6, 6.07) is 108. The molecule has 0 spiro atoms. The van der Waals surface area contributed by atoms with Gasteiger partial charge in [0.1, 0.15) is 0 Å². The first-order chi connectivity index (χ1) is 59.8. The Morgan fingerprint density at radius 2 is 0.593 bits per heavy atom. The van der Waals surface area contributed by atoms with Crippen molar-refractivity contribution < 1.29 is 34.1 Å². The van der Waals surface area contributed by atoms with E-state index in [1.54, 1.807) is 0 Å². The second kappa shape index (κ2) is 27.0. The Hall–Kier alpha value is -15.0. The molecule has 0 amide bonds. The Bertz CT molecular complexity index is 7940. The zero-order valence-electron chi connectivity index (χ0n) is 65.1. The van der Waals surface area contributed by atoms with Gasteiger partial charge in [0.2, 0.25) is 0 Å². The van der Waals surface area contributed by atoms with Crippen LogP contribution >= 0.6 is 0 Å². The van der Waals surface area contributed by atoms with Gasteiger partial charge in [0.25, 0.3) is 0 Å². The van der Waals surface area contributed by atoms with Gasteiger partial charge < -0.3 is 50.4 Å². The molecule has 0 saturated carbocycles. The first-order valence-electron chi connectivity index (χ1n) is 40.9. The van der Waals surface area contributed by atoms with E-state index in [2.05, 4.69) is 198 Å². The van der Waals surface area contributed by atoms with E-state index in [4.69, 9.17) is 81.2 Å². The Balaban J connectivity index is 0.00000416. The largest absolute Gasteiger partial charge is 2.00 e. The summed E-state index contributed by atoms with van der Waals surface area (Å²) < 4.78 is 4.89. The molecule has 123 heavy (non-hydrogen) atoms. The van der Waals surface area contributed by atoms with Crippen molar-refractivity contribution in [3.63, 3.8) is 0 Å². The Morgan fingerprint density at radius 3 is 1.12 bits per heavy atom. The van der Waals surface area contributed by atoms with Crippen LogP contribution in [0.15, 0.2) is 363 Å². The topological polar surface area (TPSA) is 215 Å². The smallest absolute Gasteiger partial charge is 0.438 e. The number of amidine groups is 12. The maximum atomic E-state index is 5.44. The average Bonchev–Trinajstić information content (AvgIpc) is 1.57. The van der Waals surface area contributed by atoms with E-state index >= 15 is 0 Å². The van der Waals surface area contributed by atoms with Gasteiger partial charge >= 0.3 is 34.1 Å². The minimum Gasteiger partial charge on any atom is -0.438 e. The molecule has 584 valence electrons. The third-order valence-electron chi connectivity index (χ3n) is 25.4. The first kappa shape index (κ1) is 70.9. The number of nitrogens with zero attached hydrogens (tertiary/aromatic N) is 18. The summed E-state index contributed by atoms with van der Waals surface area (Å²) in [6.45, 7) is 3.06. The molecule has 2 aromatic heterocycles. The number of aliphatic imine (C=N–C) groups is 12. The van der Waals surface area contributed by atoms with Crippen LogP contribution in [0.25, 0.3) is 104 Å². The van der Waals surface area contributed by atoms with Gasteiger partial charge in [-0.3, -0.25) is 20.0 Å². The maximum absolute atomic E-state index is 5.44. The number of para-hydroxylation sites is 1. The molecule has 11 aliphatic rings. The molecule has 5 atom stereocenters. The Kier molecular flexibility index (Phi) is 15.6. The molecule has 27 rings (SSSR count). The molecule has 18 nitrogen and oxygen atoms in total. The first-order valence-corrected chi connectivity index (χ1v) is 40.9. The third kappa shape index (κ3) is 10.6. The van der Waals surface area contributed by atoms with E-state index in [9.17, 15) is 0 Å². The standard InChI is InChI=1S/C103H60N18.2Cu/c1-2-120-83-44-39-57(87-61-21-4-3-19-59(61)77-47-53(35-41-62(77)87)54-36-42-75-81(49-54)102-116-98-73-32-15-13-30-71(73)94(112-98)108-90-65-24-7-5-22-63(65)88(104-90)106-92-67-26-9-11-28-69(67)96(110-92)114-100(75)118-102)51-79(83)80-52-58(40-46-84(80)120)121-85-34-18-17-20-60(85)78-48-56(38-45-86(78)121)55-37-43-76-82(50-55)103-117-99-74-33-16-14-31-72(74)95(113-99)109-91-66-25-8-6-23-64(66)89(105-91)107-93-68-27-10-12-29-70(68)97(111-93)115-101(76)119-103;;/h3-52,87-88,91,101-102H,2H2,1H3;;/q-4;2*+2. The van der Waals surface area contributed by atoms with Crippen molar-refractivity contribution in [2.45, 2.75) is 44.0 Å². The van der Waals surface area contributed by atoms with Gasteiger partial charge in [0.15, 0.2) is 23.3 Å². The summed E-state index contributed by atoms with van der Waals surface area (Å²) in [5.74, 6) is 6.55. The van der Waals surface area contributed by atoms with Crippen LogP contribution in [0.4, 0.5) is 0 Å². The zero-order valence-corrected chi connectivity index (χ0v) is 67.0. The van der Waals surface area contributed by atoms with Crippen molar-refractivity contribution in [3.8, 4) is 39.1 Å². The van der Waals surface area contributed by atoms with Crippen molar-refractivity contribution in [2.24, 2.45) is 59.9 Å². The van der Waals surface area contributed by atoms with Gasteiger partial charge in [0, 0.05) is 95.2 Å². The fourth-order valence-corrected chi connectivity index (χ4v) is 19.9. The van der Waals surface area contributed by atoms with Crippen LogP contribution in [0.5, 0.6) is 0 Å². The van der Waals surface area contributed by atoms with Crippen molar-refractivity contribution in [1.29, 1.82) is 0 Å². The van der Waals surface area contributed by atoms with Crippen LogP contribution in [-0.4, -0.2) is 79.2 Å². The number of fused-ring (bicyclic) bond motifs is 45. The van der Waals surface area contributed by atoms with E-state index in [1.165, 1.54) is 49.6 Å². The molecule has 0 fully saturated rings. The monoisotopic (exact) mass is 1670 g/mol. The van der Waals surface area contributed by atoms with Gasteiger partial charge in [-0.05, 0) is 168 Å². The number of aryl methyl sites for hydroxylation is 1. The van der Waals surface area contributed by atoms with Crippen molar-refractivity contribution >= 4 is 114 Å². The molecule has 16 aromatic rings. The molecule has 2 radical (unpaired) electrons. The van der Waals surface area contributed by atoms with E-state index in [0.717, 1.165) is 145 Å². The van der Waals surface area contributed by atoms with Crippen LogP contribution in [-0.2, 0) is 40.7 Å². The molecule has 20 heteroatoms. The summed E-state index contributed by atoms with van der Waals surface area (Å²) in [5.41, 5.74) is 30.4. The van der Waals surface area contributed by atoms with Crippen LogP contribution in [0.2, 0.25) is 0 Å². The summed E-state index contributed by atoms with van der Waals surface area (Å²) in [6.07, 6.45) is -2.44. The molecule has 10 aliphatic heterocycles. The number of rotatable bonds is 5. The molecule has 14 aromatic carbocycles. The number of hydrogen-bond acceptors (Lipinski definition) is 12. The fourth-order valence-electron chi connectivity index (χ4n) is 19.9. The van der Waals surface area contributed by atoms with Crippen LogP contribution < -0.4 is 0 Å². The van der Waals surface area contributed by atoms with Gasteiger partial charge in [-0.1, -0.05) is 260 Å². The average molecular weight is 1680 g/mol. The maximum Gasteiger partial charge on any atom is 2.00 e.